The van der Waals surface area contributed by atoms with Crippen molar-refractivity contribution in [2.24, 2.45) is 5.14 Å². The largest absolute Gasteiger partial charge is 0.238 e. The van der Waals surface area contributed by atoms with E-state index in [0.29, 0.717) is 32.5 Å². The summed E-state index contributed by atoms with van der Waals surface area (Å²) in [5.74, 6) is -1.38. The molecule has 164 valence electrons. The third-order valence-corrected chi connectivity index (χ3v) is 7.70. The summed E-state index contributed by atoms with van der Waals surface area (Å²) < 4.78 is 64.1. The lowest BCUT2D eigenvalue weighted by atomic mass is 10.1. The first-order chi connectivity index (χ1) is 15.2. The van der Waals surface area contributed by atoms with Gasteiger partial charge in [-0.15, -0.1) is 11.3 Å². The van der Waals surface area contributed by atoms with Crippen LogP contribution < -0.4 is 5.14 Å². The maximum Gasteiger partial charge on any atom is 0.238 e. The topological polar surface area (TPSA) is 73.1 Å². The van der Waals surface area contributed by atoms with Crippen LogP contribution in [-0.2, 0) is 15.8 Å². The standard InChI is InChI=1S/C22H15F3N2O2S3/c23-16-5-1-14(2-6-16)20-21(15-3-7-19(8-4-15)32(26,28)29)31-22(27-20)30-12-13-9-17(24)11-18(25)10-13/h1-11H,12H2,(H2,26,28,29). The quantitative estimate of drug-likeness (QED) is 0.344. The van der Waals surface area contributed by atoms with Gasteiger partial charge in [0.2, 0.25) is 10.0 Å². The number of hydrogen-bond acceptors (Lipinski definition) is 5. The van der Waals surface area contributed by atoms with E-state index in [2.05, 4.69) is 4.98 Å². The average molecular weight is 493 g/mol. The summed E-state index contributed by atoms with van der Waals surface area (Å²) in [6.45, 7) is 0. The molecule has 0 amide bonds. The van der Waals surface area contributed by atoms with Crippen molar-refractivity contribution in [2.45, 2.75) is 15.0 Å². The molecule has 10 heteroatoms. The zero-order valence-electron chi connectivity index (χ0n) is 16.3. The lowest BCUT2D eigenvalue weighted by Crippen LogP contribution is -2.11. The number of nitrogens with zero attached hydrogens (tertiary/aromatic N) is 1. The summed E-state index contributed by atoms with van der Waals surface area (Å²) in [5, 5.41) is 5.17. The Labute approximate surface area is 191 Å². The van der Waals surface area contributed by atoms with Crippen molar-refractivity contribution in [3.8, 4) is 21.7 Å². The predicted octanol–water partition coefficient (Wildman–Crippen LogP) is 5.83. The van der Waals surface area contributed by atoms with Gasteiger partial charge in [-0.25, -0.2) is 31.7 Å². The molecule has 0 aliphatic carbocycles. The van der Waals surface area contributed by atoms with Gasteiger partial charge >= 0.3 is 0 Å². The van der Waals surface area contributed by atoms with Gasteiger partial charge in [-0.1, -0.05) is 23.9 Å². The van der Waals surface area contributed by atoms with Crippen molar-refractivity contribution in [1.82, 2.24) is 4.98 Å². The lowest BCUT2D eigenvalue weighted by molar-refractivity contribution is 0.581. The molecule has 4 aromatic rings. The molecule has 3 aromatic carbocycles. The number of aromatic nitrogens is 1. The molecule has 0 fully saturated rings. The summed E-state index contributed by atoms with van der Waals surface area (Å²) in [5.41, 5.74) is 2.45. The van der Waals surface area contributed by atoms with Crippen molar-refractivity contribution < 1.29 is 21.6 Å². The Balaban J connectivity index is 1.70. The van der Waals surface area contributed by atoms with Crippen molar-refractivity contribution in [3.05, 3.63) is 89.7 Å². The van der Waals surface area contributed by atoms with Crippen LogP contribution in [0.4, 0.5) is 13.2 Å². The second kappa shape index (κ2) is 9.07. The monoisotopic (exact) mass is 492 g/mol. The first kappa shape index (κ1) is 22.5. The highest BCUT2D eigenvalue weighted by molar-refractivity contribution is 8.00. The number of sulfonamides is 1. The molecule has 0 radical (unpaired) electrons. The minimum absolute atomic E-state index is 0.0168. The van der Waals surface area contributed by atoms with Gasteiger partial charge in [0.05, 0.1) is 15.5 Å². The first-order valence-corrected chi connectivity index (χ1v) is 12.5. The van der Waals surface area contributed by atoms with E-state index in [1.165, 1.54) is 59.5 Å². The molecule has 0 saturated heterocycles. The molecule has 1 heterocycles. The van der Waals surface area contributed by atoms with Crippen LogP contribution in [0.15, 0.2) is 76.0 Å². The van der Waals surface area contributed by atoms with E-state index < -0.39 is 21.7 Å². The summed E-state index contributed by atoms with van der Waals surface area (Å²) in [6, 6.07) is 15.2. The van der Waals surface area contributed by atoms with Gasteiger partial charge < -0.3 is 0 Å². The van der Waals surface area contributed by atoms with Crippen molar-refractivity contribution in [2.75, 3.05) is 0 Å². The molecular weight excluding hydrogens is 477 g/mol. The Morgan fingerprint density at radius 2 is 1.44 bits per heavy atom. The van der Waals surface area contributed by atoms with Gasteiger partial charge in [0.1, 0.15) is 17.5 Å². The summed E-state index contributed by atoms with van der Waals surface area (Å²) in [7, 11) is -3.83. The van der Waals surface area contributed by atoms with Crippen LogP contribution >= 0.6 is 23.1 Å². The Morgan fingerprint density at radius 1 is 0.844 bits per heavy atom. The van der Waals surface area contributed by atoms with Gasteiger partial charge in [0.25, 0.3) is 0 Å². The molecule has 2 N–H and O–H groups in total. The molecule has 4 rings (SSSR count). The molecule has 4 nitrogen and oxygen atoms in total. The second-order valence-electron chi connectivity index (χ2n) is 6.80. The Bertz CT molecular complexity index is 1350. The normalized spacial score (nSPS) is 11.6. The Hall–Kier alpha value is -2.66. The molecule has 1 aromatic heterocycles. The zero-order valence-corrected chi connectivity index (χ0v) is 18.7. The van der Waals surface area contributed by atoms with Crippen LogP contribution in [-0.4, -0.2) is 13.4 Å². The molecule has 32 heavy (non-hydrogen) atoms. The van der Waals surface area contributed by atoms with E-state index >= 15 is 0 Å². The zero-order chi connectivity index (χ0) is 22.9. The van der Waals surface area contributed by atoms with Gasteiger partial charge in [-0.05, 0) is 59.7 Å². The fraction of sp³-hybridized carbons (Fsp3) is 0.0455. The number of thiazole rings is 1. The molecule has 0 spiro atoms. The maximum absolute atomic E-state index is 13.5. The predicted molar refractivity (Wildman–Crippen MR) is 120 cm³/mol. The van der Waals surface area contributed by atoms with E-state index in [-0.39, 0.29) is 10.7 Å². The van der Waals surface area contributed by atoms with Gasteiger partial charge in [-0.3, -0.25) is 0 Å². The van der Waals surface area contributed by atoms with E-state index in [1.807, 2.05) is 0 Å². The highest BCUT2D eigenvalue weighted by Gasteiger charge is 2.17. The van der Waals surface area contributed by atoms with E-state index in [1.54, 1.807) is 24.3 Å². The average Bonchev–Trinajstić information content (AvgIpc) is 3.16. The van der Waals surface area contributed by atoms with Crippen LogP contribution in [0.3, 0.4) is 0 Å². The SMILES string of the molecule is NS(=O)(=O)c1ccc(-c2sc(SCc3cc(F)cc(F)c3)nc2-c2ccc(F)cc2)cc1. The maximum atomic E-state index is 13.5. The summed E-state index contributed by atoms with van der Waals surface area (Å²) in [4.78, 5) is 5.37. The Kier molecular flexibility index (Phi) is 6.38. The number of nitrogens with two attached hydrogens (primary N) is 1. The number of primary sulfonamides is 1. The van der Waals surface area contributed by atoms with Crippen molar-refractivity contribution >= 4 is 33.1 Å². The highest BCUT2D eigenvalue weighted by Crippen LogP contribution is 2.41. The van der Waals surface area contributed by atoms with Gasteiger partial charge in [0.15, 0.2) is 4.34 Å². The van der Waals surface area contributed by atoms with Crippen LogP contribution in [0.1, 0.15) is 5.56 Å². The van der Waals surface area contributed by atoms with Crippen molar-refractivity contribution in [1.29, 1.82) is 0 Å². The number of hydrogen-bond donors (Lipinski definition) is 1. The molecule has 0 saturated carbocycles. The van der Waals surface area contributed by atoms with E-state index in [4.69, 9.17) is 5.14 Å². The third kappa shape index (κ3) is 5.21. The number of halogens is 3. The molecule has 0 atom stereocenters. The number of rotatable bonds is 6. The molecule has 0 unspecified atom stereocenters. The smallest absolute Gasteiger partial charge is 0.229 e. The highest BCUT2D eigenvalue weighted by atomic mass is 32.2. The van der Waals surface area contributed by atoms with Gasteiger partial charge in [-0.2, -0.15) is 0 Å². The number of thioether (sulfide) groups is 1. The fourth-order valence-corrected chi connectivity index (χ4v) is 5.61. The van der Waals surface area contributed by atoms with Gasteiger partial charge in [0, 0.05) is 17.4 Å². The second-order valence-corrected chi connectivity index (χ2v) is 10.6. The van der Waals surface area contributed by atoms with Crippen LogP contribution in [0.25, 0.3) is 21.7 Å². The minimum Gasteiger partial charge on any atom is -0.229 e. The minimum atomic E-state index is -3.83. The first-order valence-electron chi connectivity index (χ1n) is 9.17. The van der Waals surface area contributed by atoms with Crippen LogP contribution in [0, 0.1) is 17.5 Å². The molecule has 0 aliphatic heterocycles. The van der Waals surface area contributed by atoms with Crippen LogP contribution in [0.5, 0.6) is 0 Å². The van der Waals surface area contributed by atoms with E-state index in [0.717, 1.165) is 10.9 Å². The summed E-state index contributed by atoms with van der Waals surface area (Å²) >= 11 is 2.65. The van der Waals surface area contributed by atoms with Crippen molar-refractivity contribution in [3.63, 3.8) is 0 Å². The summed E-state index contributed by atoms with van der Waals surface area (Å²) in [6.07, 6.45) is 0. The van der Waals surface area contributed by atoms with Crippen LogP contribution in [0.2, 0.25) is 0 Å². The fourth-order valence-electron chi connectivity index (χ4n) is 3.00. The third-order valence-electron chi connectivity index (χ3n) is 4.45. The number of benzene rings is 3. The lowest BCUT2D eigenvalue weighted by Gasteiger charge is -2.04. The molecular formula is C22H15F3N2O2S3. The van der Waals surface area contributed by atoms with E-state index in [9.17, 15) is 21.6 Å². The molecule has 0 aliphatic rings. The molecule has 0 bridgehead atoms. The Morgan fingerprint density at radius 3 is 2.03 bits per heavy atom.